The number of anilines is 1. The fourth-order valence-corrected chi connectivity index (χ4v) is 2.74. The van der Waals surface area contributed by atoms with Crippen LogP contribution in [0.5, 0.6) is 0 Å². The first kappa shape index (κ1) is 18.4. The topological polar surface area (TPSA) is 81.7 Å². The molecule has 0 unspecified atom stereocenters. The van der Waals surface area contributed by atoms with Crippen LogP contribution < -0.4 is 10.6 Å². The van der Waals surface area contributed by atoms with Gasteiger partial charge < -0.3 is 20.6 Å². The van der Waals surface area contributed by atoms with Crippen molar-refractivity contribution in [3.63, 3.8) is 0 Å². The molecule has 1 saturated heterocycles. The smallest absolute Gasteiger partial charge is 0.313 e. The molecule has 2 amide bonds. The molecule has 2 rings (SSSR count). The fourth-order valence-electron chi connectivity index (χ4n) is 2.74. The van der Waals surface area contributed by atoms with Crippen molar-refractivity contribution in [3.05, 3.63) is 29.8 Å². The van der Waals surface area contributed by atoms with Gasteiger partial charge in [-0.15, -0.1) is 0 Å². The number of hydrogen-bond acceptors (Lipinski definition) is 4. The summed E-state index contributed by atoms with van der Waals surface area (Å²) in [4.78, 5) is 25.9. The van der Waals surface area contributed by atoms with Gasteiger partial charge in [0.05, 0.1) is 6.10 Å². The summed E-state index contributed by atoms with van der Waals surface area (Å²) < 4.78 is 0. The number of amides is 2. The number of likely N-dealkylation sites (tertiary alicyclic amines) is 1. The van der Waals surface area contributed by atoms with Crippen LogP contribution in [0.25, 0.3) is 0 Å². The van der Waals surface area contributed by atoms with E-state index >= 15 is 0 Å². The van der Waals surface area contributed by atoms with Gasteiger partial charge in [0.1, 0.15) is 0 Å². The molecule has 3 N–H and O–H groups in total. The average Bonchev–Trinajstić information content (AvgIpc) is 2.60. The third kappa shape index (κ3) is 5.94. The first-order valence-electron chi connectivity index (χ1n) is 8.67. The minimum absolute atomic E-state index is 0.170. The van der Waals surface area contributed by atoms with Crippen molar-refractivity contribution >= 4 is 17.5 Å². The summed E-state index contributed by atoms with van der Waals surface area (Å²) in [5.41, 5.74) is 1.81. The lowest BCUT2D eigenvalue weighted by Crippen LogP contribution is -2.39. The summed E-state index contributed by atoms with van der Waals surface area (Å²) in [6, 6.07) is 7.47. The van der Waals surface area contributed by atoms with Crippen molar-refractivity contribution in [1.82, 2.24) is 10.2 Å². The van der Waals surface area contributed by atoms with Crippen molar-refractivity contribution in [2.45, 2.75) is 38.7 Å². The molecule has 0 bridgehead atoms. The average molecular weight is 333 g/mol. The van der Waals surface area contributed by atoms with Gasteiger partial charge in [0.25, 0.3) is 0 Å². The lowest BCUT2D eigenvalue weighted by Gasteiger charge is -2.29. The SMILES string of the molecule is CCc1ccc(NC(=O)C(=O)NCCCN2CCC(O)CC2)cc1. The van der Waals surface area contributed by atoms with Crippen molar-refractivity contribution in [1.29, 1.82) is 0 Å². The van der Waals surface area contributed by atoms with Gasteiger partial charge in [-0.2, -0.15) is 0 Å². The van der Waals surface area contributed by atoms with Crippen LogP contribution >= 0.6 is 0 Å². The van der Waals surface area contributed by atoms with Gasteiger partial charge in [-0.05, 0) is 49.9 Å². The molecular formula is C18H27N3O3. The number of benzene rings is 1. The van der Waals surface area contributed by atoms with Gasteiger partial charge in [-0.3, -0.25) is 9.59 Å². The van der Waals surface area contributed by atoms with Crippen LogP contribution in [0.15, 0.2) is 24.3 Å². The minimum Gasteiger partial charge on any atom is -0.393 e. The van der Waals surface area contributed by atoms with Crippen LogP contribution in [0.3, 0.4) is 0 Å². The molecule has 1 heterocycles. The van der Waals surface area contributed by atoms with Crippen LogP contribution in [-0.2, 0) is 16.0 Å². The molecular weight excluding hydrogens is 306 g/mol. The fraction of sp³-hybridized carbons (Fsp3) is 0.556. The summed E-state index contributed by atoms with van der Waals surface area (Å²) in [7, 11) is 0. The maximum Gasteiger partial charge on any atom is 0.313 e. The van der Waals surface area contributed by atoms with Gasteiger partial charge in [0, 0.05) is 25.3 Å². The third-order valence-corrected chi connectivity index (χ3v) is 4.32. The number of nitrogens with zero attached hydrogens (tertiary/aromatic N) is 1. The van der Waals surface area contributed by atoms with E-state index in [4.69, 9.17) is 0 Å². The van der Waals surface area contributed by atoms with Crippen molar-refractivity contribution in [2.24, 2.45) is 0 Å². The Bertz CT molecular complexity index is 537. The summed E-state index contributed by atoms with van der Waals surface area (Å²) >= 11 is 0. The summed E-state index contributed by atoms with van der Waals surface area (Å²) in [6.07, 6.45) is 3.18. The number of aliphatic hydroxyl groups excluding tert-OH is 1. The highest BCUT2D eigenvalue weighted by molar-refractivity contribution is 6.39. The van der Waals surface area contributed by atoms with Gasteiger partial charge in [-0.1, -0.05) is 19.1 Å². The second-order valence-electron chi connectivity index (χ2n) is 6.19. The molecule has 1 aromatic rings. The molecule has 1 aliphatic rings. The van der Waals surface area contributed by atoms with Crippen LogP contribution in [-0.4, -0.2) is 54.1 Å². The number of hydrogen-bond donors (Lipinski definition) is 3. The zero-order valence-corrected chi connectivity index (χ0v) is 14.3. The minimum atomic E-state index is -0.639. The zero-order chi connectivity index (χ0) is 17.4. The number of carbonyl (C=O) groups excluding carboxylic acids is 2. The Morgan fingerprint density at radius 2 is 1.83 bits per heavy atom. The Labute approximate surface area is 143 Å². The first-order chi connectivity index (χ1) is 11.6. The van der Waals surface area contributed by atoms with E-state index in [2.05, 4.69) is 22.5 Å². The highest BCUT2D eigenvalue weighted by atomic mass is 16.3. The number of rotatable bonds is 6. The summed E-state index contributed by atoms with van der Waals surface area (Å²) in [5.74, 6) is -1.25. The number of nitrogens with one attached hydrogen (secondary N) is 2. The highest BCUT2D eigenvalue weighted by Gasteiger charge is 2.17. The van der Waals surface area contributed by atoms with Crippen LogP contribution in [0.4, 0.5) is 5.69 Å². The predicted octanol–water partition coefficient (Wildman–Crippen LogP) is 1.15. The first-order valence-corrected chi connectivity index (χ1v) is 8.67. The monoisotopic (exact) mass is 333 g/mol. The van der Waals surface area contributed by atoms with Crippen molar-refractivity contribution in [2.75, 3.05) is 31.5 Å². The van der Waals surface area contributed by atoms with Crippen LogP contribution in [0, 0.1) is 0 Å². The highest BCUT2D eigenvalue weighted by Crippen LogP contribution is 2.10. The maximum absolute atomic E-state index is 11.8. The summed E-state index contributed by atoms with van der Waals surface area (Å²) in [6.45, 7) is 5.19. The number of piperidine rings is 1. The molecule has 1 aliphatic heterocycles. The van der Waals surface area contributed by atoms with E-state index in [0.717, 1.165) is 45.3 Å². The van der Waals surface area contributed by atoms with Crippen LogP contribution in [0.1, 0.15) is 31.7 Å². The number of aryl methyl sites for hydroxylation is 1. The molecule has 24 heavy (non-hydrogen) atoms. The molecule has 1 aromatic carbocycles. The molecule has 1 fully saturated rings. The third-order valence-electron chi connectivity index (χ3n) is 4.32. The standard InChI is InChI=1S/C18H27N3O3/c1-2-14-4-6-15(7-5-14)20-18(24)17(23)19-10-3-11-21-12-8-16(22)9-13-21/h4-7,16,22H,2-3,8-13H2,1H3,(H,19,23)(H,20,24). The van der Waals surface area contributed by atoms with E-state index in [1.54, 1.807) is 12.1 Å². The summed E-state index contributed by atoms with van der Waals surface area (Å²) in [5, 5.41) is 14.7. The second-order valence-corrected chi connectivity index (χ2v) is 6.19. The lowest BCUT2D eigenvalue weighted by molar-refractivity contribution is -0.136. The Hall–Kier alpha value is -1.92. The van der Waals surface area contributed by atoms with Crippen molar-refractivity contribution < 1.29 is 14.7 Å². The van der Waals surface area contributed by atoms with E-state index < -0.39 is 11.8 Å². The Kier molecular flexibility index (Phi) is 7.21. The second kappa shape index (κ2) is 9.39. The maximum atomic E-state index is 11.8. The molecule has 6 nitrogen and oxygen atoms in total. The number of aliphatic hydroxyl groups is 1. The zero-order valence-electron chi connectivity index (χ0n) is 14.3. The van der Waals surface area contributed by atoms with Gasteiger partial charge >= 0.3 is 11.8 Å². The molecule has 0 spiro atoms. The van der Waals surface area contributed by atoms with E-state index in [1.165, 1.54) is 5.56 Å². The molecule has 0 aliphatic carbocycles. The Morgan fingerprint density at radius 1 is 1.17 bits per heavy atom. The number of carbonyl (C=O) groups is 2. The molecule has 132 valence electrons. The van der Waals surface area contributed by atoms with Crippen LogP contribution in [0.2, 0.25) is 0 Å². The van der Waals surface area contributed by atoms with Gasteiger partial charge in [0.2, 0.25) is 0 Å². The molecule has 0 saturated carbocycles. The largest absolute Gasteiger partial charge is 0.393 e. The quantitative estimate of drug-likeness (QED) is 0.539. The molecule has 6 heteroatoms. The van der Waals surface area contributed by atoms with E-state index in [0.29, 0.717) is 12.2 Å². The van der Waals surface area contributed by atoms with E-state index in [1.807, 2.05) is 12.1 Å². The molecule has 0 aromatic heterocycles. The Morgan fingerprint density at radius 3 is 2.46 bits per heavy atom. The van der Waals surface area contributed by atoms with Gasteiger partial charge in [0.15, 0.2) is 0 Å². The Balaban J connectivity index is 1.63. The molecule has 0 atom stereocenters. The lowest BCUT2D eigenvalue weighted by atomic mass is 10.1. The van der Waals surface area contributed by atoms with Crippen molar-refractivity contribution in [3.8, 4) is 0 Å². The predicted molar refractivity (Wildman–Crippen MR) is 93.8 cm³/mol. The van der Waals surface area contributed by atoms with E-state index in [-0.39, 0.29) is 6.10 Å². The normalized spacial score (nSPS) is 15.9. The molecule has 0 radical (unpaired) electrons. The van der Waals surface area contributed by atoms with Gasteiger partial charge in [-0.25, -0.2) is 0 Å². The van der Waals surface area contributed by atoms with E-state index in [9.17, 15) is 14.7 Å².